The van der Waals surface area contributed by atoms with Crippen LogP contribution in [0.2, 0.25) is 15.1 Å². The van der Waals surface area contributed by atoms with Gasteiger partial charge in [0, 0.05) is 39.0 Å². The standard InChI is InChI=1S/C29H29Cl3N2O2S/c30-22-12-14-25(15-13-22)37-19-28(35)34(18-21-10-11-23(31)17-26(21)32)27(16-20-6-2-1-3-7-20)29(36)33-24-8-4-5-9-24/h1-3,6-7,10-15,17,24,27H,4-5,8-9,16,18-19H2,(H,33,36). The van der Waals surface area contributed by atoms with Crippen LogP contribution in [-0.2, 0) is 22.6 Å². The van der Waals surface area contributed by atoms with E-state index in [9.17, 15) is 9.59 Å². The number of hydrogen-bond donors (Lipinski definition) is 1. The Morgan fingerprint density at radius 1 is 0.919 bits per heavy atom. The average molecular weight is 576 g/mol. The Balaban J connectivity index is 1.63. The van der Waals surface area contributed by atoms with Gasteiger partial charge in [-0.1, -0.05) is 84.0 Å². The lowest BCUT2D eigenvalue weighted by molar-refractivity contribution is -0.139. The summed E-state index contributed by atoms with van der Waals surface area (Å²) in [5, 5.41) is 4.84. The van der Waals surface area contributed by atoms with Crippen LogP contribution in [0.25, 0.3) is 0 Å². The van der Waals surface area contributed by atoms with Gasteiger partial charge in [0.15, 0.2) is 0 Å². The minimum Gasteiger partial charge on any atom is -0.352 e. The summed E-state index contributed by atoms with van der Waals surface area (Å²) in [4.78, 5) is 30.1. The second-order valence-electron chi connectivity index (χ2n) is 9.20. The zero-order chi connectivity index (χ0) is 26.2. The molecule has 1 atom stereocenters. The number of carbonyl (C=O) groups excluding carboxylic acids is 2. The molecule has 0 bridgehead atoms. The Kier molecular flexibility index (Phi) is 10.2. The van der Waals surface area contributed by atoms with Crippen LogP contribution >= 0.6 is 46.6 Å². The van der Waals surface area contributed by atoms with Crippen LogP contribution in [0.15, 0.2) is 77.7 Å². The van der Waals surface area contributed by atoms with Crippen molar-refractivity contribution in [2.45, 2.75) is 55.6 Å². The van der Waals surface area contributed by atoms with E-state index < -0.39 is 6.04 Å². The third-order valence-electron chi connectivity index (χ3n) is 6.50. The molecule has 1 aliphatic carbocycles. The van der Waals surface area contributed by atoms with Gasteiger partial charge in [0.05, 0.1) is 5.75 Å². The molecular weight excluding hydrogens is 547 g/mol. The van der Waals surface area contributed by atoms with Crippen molar-refractivity contribution in [3.63, 3.8) is 0 Å². The Morgan fingerprint density at radius 3 is 2.27 bits per heavy atom. The van der Waals surface area contributed by atoms with Gasteiger partial charge in [0.25, 0.3) is 0 Å². The molecule has 37 heavy (non-hydrogen) atoms. The lowest BCUT2D eigenvalue weighted by Gasteiger charge is -2.32. The quantitative estimate of drug-likeness (QED) is 0.256. The van der Waals surface area contributed by atoms with Crippen LogP contribution in [0.4, 0.5) is 0 Å². The number of hydrogen-bond acceptors (Lipinski definition) is 3. The zero-order valence-electron chi connectivity index (χ0n) is 20.3. The fraction of sp³-hybridized carbons (Fsp3) is 0.310. The number of carbonyl (C=O) groups is 2. The van der Waals surface area contributed by atoms with Crippen LogP contribution < -0.4 is 5.32 Å². The van der Waals surface area contributed by atoms with Gasteiger partial charge in [-0.15, -0.1) is 11.8 Å². The summed E-state index contributed by atoms with van der Waals surface area (Å²) in [5.74, 6) is -0.103. The zero-order valence-corrected chi connectivity index (χ0v) is 23.4. The van der Waals surface area contributed by atoms with Gasteiger partial charge in [0.2, 0.25) is 11.8 Å². The molecule has 4 nitrogen and oxygen atoms in total. The summed E-state index contributed by atoms with van der Waals surface area (Å²) in [6.07, 6.45) is 4.55. The highest BCUT2D eigenvalue weighted by Gasteiger charge is 2.32. The van der Waals surface area contributed by atoms with Gasteiger partial charge in [0.1, 0.15) is 6.04 Å². The van der Waals surface area contributed by atoms with Crippen molar-refractivity contribution < 1.29 is 9.59 Å². The monoisotopic (exact) mass is 574 g/mol. The molecule has 2 amide bonds. The molecule has 1 saturated carbocycles. The number of thioether (sulfide) groups is 1. The van der Waals surface area contributed by atoms with Crippen molar-refractivity contribution in [2.24, 2.45) is 0 Å². The van der Waals surface area contributed by atoms with E-state index >= 15 is 0 Å². The number of halogens is 3. The molecule has 194 valence electrons. The molecule has 0 aliphatic heterocycles. The third-order valence-corrected chi connectivity index (χ3v) is 8.34. The highest BCUT2D eigenvalue weighted by Crippen LogP contribution is 2.27. The Labute approximate surface area is 237 Å². The van der Waals surface area contributed by atoms with Gasteiger partial charge in [-0.25, -0.2) is 0 Å². The van der Waals surface area contributed by atoms with Crippen LogP contribution in [-0.4, -0.2) is 34.6 Å². The largest absolute Gasteiger partial charge is 0.352 e. The number of nitrogens with zero attached hydrogens (tertiary/aromatic N) is 1. The molecule has 4 rings (SSSR count). The number of benzene rings is 3. The van der Waals surface area contributed by atoms with Crippen molar-refractivity contribution in [2.75, 3.05) is 5.75 Å². The van der Waals surface area contributed by atoms with Crippen molar-refractivity contribution in [3.8, 4) is 0 Å². The Morgan fingerprint density at radius 2 is 1.59 bits per heavy atom. The Hall–Kier alpha value is -2.18. The van der Waals surface area contributed by atoms with Gasteiger partial charge >= 0.3 is 0 Å². The van der Waals surface area contributed by atoms with Gasteiger partial charge in [-0.3, -0.25) is 9.59 Å². The summed E-state index contributed by atoms with van der Waals surface area (Å²) in [5.41, 5.74) is 1.72. The maximum absolute atomic E-state index is 13.8. The molecule has 3 aromatic rings. The first-order chi connectivity index (χ1) is 17.9. The molecule has 1 aliphatic rings. The lowest BCUT2D eigenvalue weighted by Crippen LogP contribution is -2.52. The molecule has 0 spiro atoms. The molecule has 0 saturated heterocycles. The van der Waals surface area contributed by atoms with E-state index in [4.69, 9.17) is 34.8 Å². The van der Waals surface area contributed by atoms with Crippen LogP contribution in [0.5, 0.6) is 0 Å². The molecular formula is C29H29Cl3N2O2S. The van der Waals surface area contributed by atoms with Crippen LogP contribution in [0, 0.1) is 0 Å². The van der Waals surface area contributed by atoms with E-state index in [-0.39, 0.29) is 30.2 Å². The van der Waals surface area contributed by atoms with Crippen molar-refractivity contribution in [1.29, 1.82) is 0 Å². The molecule has 1 N–H and O–H groups in total. The maximum Gasteiger partial charge on any atom is 0.243 e. The molecule has 0 radical (unpaired) electrons. The van der Waals surface area contributed by atoms with Crippen molar-refractivity contribution in [3.05, 3.63) is 99.0 Å². The number of rotatable bonds is 10. The van der Waals surface area contributed by atoms with E-state index in [1.807, 2.05) is 48.5 Å². The molecule has 3 aromatic carbocycles. The number of nitrogens with one attached hydrogen (secondary N) is 1. The second kappa shape index (κ2) is 13.6. The lowest BCUT2D eigenvalue weighted by atomic mass is 10.0. The predicted molar refractivity (Wildman–Crippen MR) is 154 cm³/mol. The van der Waals surface area contributed by atoms with Crippen molar-refractivity contribution in [1.82, 2.24) is 10.2 Å². The first-order valence-corrected chi connectivity index (χ1v) is 14.5. The van der Waals surface area contributed by atoms with E-state index in [0.717, 1.165) is 41.7 Å². The summed E-state index contributed by atoms with van der Waals surface area (Å²) < 4.78 is 0. The SMILES string of the molecule is O=C(NC1CCCC1)C(Cc1ccccc1)N(Cc1ccc(Cl)cc1Cl)C(=O)CSc1ccc(Cl)cc1. The fourth-order valence-corrected chi connectivity index (χ4v) is 5.89. The summed E-state index contributed by atoms with van der Waals surface area (Å²) in [6, 6.07) is 21.8. The van der Waals surface area contributed by atoms with E-state index in [1.54, 1.807) is 29.2 Å². The van der Waals surface area contributed by atoms with Crippen LogP contribution in [0.3, 0.4) is 0 Å². The maximum atomic E-state index is 13.8. The molecule has 0 heterocycles. The predicted octanol–water partition coefficient (Wildman–Crippen LogP) is 7.44. The highest BCUT2D eigenvalue weighted by atomic mass is 35.5. The van der Waals surface area contributed by atoms with E-state index in [0.29, 0.717) is 21.5 Å². The van der Waals surface area contributed by atoms with E-state index in [1.165, 1.54) is 11.8 Å². The summed E-state index contributed by atoms with van der Waals surface area (Å²) in [7, 11) is 0. The summed E-state index contributed by atoms with van der Waals surface area (Å²) in [6.45, 7) is 0.200. The molecule has 1 unspecified atom stereocenters. The molecule has 0 aromatic heterocycles. The average Bonchev–Trinajstić information content (AvgIpc) is 3.40. The van der Waals surface area contributed by atoms with Gasteiger partial charge in [-0.2, -0.15) is 0 Å². The third kappa shape index (κ3) is 8.15. The van der Waals surface area contributed by atoms with Gasteiger partial charge in [-0.05, 0) is 60.4 Å². The Bertz CT molecular complexity index is 1200. The molecule has 8 heteroatoms. The van der Waals surface area contributed by atoms with E-state index in [2.05, 4.69) is 5.32 Å². The molecule has 1 fully saturated rings. The normalized spacial score (nSPS) is 14.4. The smallest absolute Gasteiger partial charge is 0.243 e. The first-order valence-electron chi connectivity index (χ1n) is 12.3. The minimum absolute atomic E-state index is 0.134. The first kappa shape index (κ1) is 27.8. The number of amides is 2. The van der Waals surface area contributed by atoms with Crippen LogP contribution in [0.1, 0.15) is 36.8 Å². The van der Waals surface area contributed by atoms with Gasteiger partial charge < -0.3 is 10.2 Å². The topological polar surface area (TPSA) is 49.4 Å². The minimum atomic E-state index is -0.687. The van der Waals surface area contributed by atoms with Crippen molar-refractivity contribution >= 4 is 58.4 Å². The second-order valence-corrected chi connectivity index (χ2v) is 11.5. The fourth-order valence-electron chi connectivity index (χ4n) is 4.51. The highest BCUT2D eigenvalue weighted by molar-refractivity contribution is 8.00. The summed E-state index contributed by atoms with van der Waals surface area (Å²) >= 11 is 20.1.